The summed E-state index contributed by atoms with van der Waals surface area (Å²) in [6.07, 6.45) is 9.17. The highest BCUT2D eigenvalue weighted by molar-refractivity contribution is 5.62. The zero-order valence-corrected chi connectivity index (χ0v) is 18.6. The lowest BCUT2D eigenvalue weighted by Gasteiger charge is -2.61. The van der Waals surface area contributed by atoms with Crippen LogP contribution in [-0.2, 0) is 4.79 Å². The van der Waals surface area contributed by atoms with Gasteiger partial charge in [-0.1, -0.05) is 45.8 Å². The third kappa shape index (κ3) is 2.32. The van der Waals surface area contributed by atoms with Crippen molar-refractivity contribution in [3.05, 3.63) is 11.1 Å². The molecule has 2 fully saturated rings. The standard InChI is InChI=1S/C25H40O3/c1-16(14-26)17-8-12-25(5)19-6-7-20-22(2,18(19)9-13-24(17,25)4)11-10-21(28)23(20,3)15-27/h15-17,20-21,26,28H,6-14H2,1-5H3/t16?,17-,20-,21+,22-,23-,24-,25+/m1/s1. The number of hydrogen-bond donors (Lipinski definition) is 2. The Hall–Kier alpha value is -0.670. The number of fused-ring (bicyclic) bond motifs is 4. The average molecular weight is 389 g/mol. The Labute approximate surface area is 171 Å². The lowest BCUT2D eigenvalue weighted by Crippen LogP contribution is -2.56. The third-order valence-corrected chi connectivity index (χ3v) is 10.7. The molecule has 0 aromatic rings. The molecule has 0 saturated heterocycles. The molecule has 4 aliphatic carbocycles. The predicted octanol–water partition coefficient (Wildman–Crippen LogP) is 4.90. The number of aliphatic hydroxyl groups is 2. The molecule has 8 atom stereocenters. The van der Waals surface area contributed by atoms with Crippen LogP contribution in [0, 0.1) is 39.4 Å². The van der Waals surface area contributed by atoms with Crippen LogP contribution in [0.1, 0.15) is 86.0 Å². The SMILES string of the molecule is CC(CO)[C@H]1CC[C@@]2(C)C3=C(CC[C@]12C)[C@@]1(C)CC[C@H](O)[C@](C)(C=O)[C@@H]1CC3. The second-order valence-electron chi connectivity index (χ2n) is 11.6. The normalized spacial score (nSPS) is 51.9. The summed E-state index contributed by atoms with van der Waals surface area (Å²) in [5.74, 6) is 1.21. The van der Waals surface area contributed by atoms with E-state index in [0.717, 1.165) is 38.4 Å². The van der Waals surface area contributed by atoms with Crippen molar-refractivity contribution in [1.82, 2.24) is 0 Å². The molecule has 158 valence electrons. The molecule has 1 unspecified atom stereocenters. The molecule has 0 amide bonds. The van der Waals surface area contributed by atoms with Crippen molar-refractivity contribution in [2.75, 3.05) is 6.61 Å². The second kappa shape index (κ2) is 6.41. The number of carbonyl (C=O) groups is 1. The van der Waals surface area contributed by atoms with Gasteiger partial charge in [-0.2, -0.15) is 0 Å². The first-order valence-corrected chi connectivity index (χ1v) is 11.6. The van der Waals surface area contributed by atoms with E-state index in [1.54, 1.807) is 11.1 Å². The Kier molecular flexibility index (Phi) is 4.72. The fourth-order valence-corrected chi connectivity index (χ4v) is 8.66. The average Bonchev–Trinajstić information content (AvgIpc) is 2.96. The molecule has 0 spiro atoms. The van der Waals surface area contributed by atoms with Crippen LogP contribution in [0.4, 0.5) is 0 Å². The predicted molar refractivity (Wildman–Crippen MR) is 112 cm³/mol. The highest BCUT2D eigenvalue weighted by atomic mass is 16.3. The van der Waals surface area contributed by atoms with Gasteiger partial charge in [0.15, 0.2) is 0 Å². The molecular formula is C25H40O3. The van der Waals surface area contributed by atoms with Crippen molar-refractivity contribution in [2.24, 2.45) is 39.4 Å². The monoisotopic (exact) mass is 388 g/mol. The van der Waals surface area contributed by atoms with Crippen LogP contribution in [0.15, 0.2) is 11.1 Å². The van der Waals surface area contributed by atoms with Gasteiger partial charge in [0, 0.05) is 6.61 Å². The maximum absolute atomic E-state index is 12.1. The largest absolute Gasteiger partial charge is 0.396 e. The summed E-state index contributed by atoms with van der Waals surface area (Å²) in [4.78, 5) is 12.1. The highest BCUT2D eigenvalue weighted by Gasteiger charge is 2.63. The van der Waals surface area contributed by atoms with E-state index in [0.29, 0.717) is 11.8 Å². The van der Waals surface area contributed by atoms with E-state index in [9.17, 15) is 15.0 Å². The van der Waals surface area contributed by atoms with Gasteiger partial charge in [-0.25, -0.2) is 0 Å². The van der Waals surface area contributed by atoms with Crippen molar-refractivity contribution in [3.8, 4) is 0 Å². The van der Waals surface area contributed by atoms with Crippen molar-refractivity contribution in [2.45, 2.75) is 92.1 Å². The molecule has 4 aliphatic rings. The molecule has 3 heteroatoms. The van der Waals surface area contributed by atoms with E-state index < -0.39 is 11.5 Å². The number of aldehydes is 1. The lowest BCUT2D eigenvalue weighted by atomic mass is 9.43. The van der Waals surface area contributed by atoms with Gasteiger partial charge in [0.1, 0.15) is 6.29 Å². The number of aliphatic hydroxyl groups excluding tert-OH is 2. The summed E-state index contributed by atoms with van der Waals surface area (Å²) in [7, 11) is 0. The highest BCUT2D eigenvalue weighted by Crippen LogP contribution is 2.72. The number of hydrogen-bond acceptors (Lipinski definition) is 3. The van der Waals surface area contributed by atoms with Crippen LogP contribution >= 0.6 is 0 Å². The zero-order chi connectivity index (χ0) is 20.5. The Bertz CT molecular complexity index is 698. The van der Waals surface area contributed by atoms with Gasteiger partial charge in [0.25, 0.3) is 0 Å². The number of rotatable bonds is 3. The molecule has 0 aliphatic heterocycles. The van der Waals surface area contributed by atoms with Crippen molar-refractivity contribution >= 4 is 6.29 Å². The first-order valence-electron chi connectivity index (χ1n) is 11.6. The van der Waals surface area contributed by atoms with Gasteiger partial charge < -0.3 is 15.0 Å². The first-order chi connectivity index (χ1) is 13.1. The van der Waals surface area contributed by atoms with Gasteiger partial charge in [-0.3, -0.25) is 0 Å². The minimum atomic E-state index is -0.614. The maximum Gasteiger partial charge on any atom is 0.128 e. The number of carbonyl (C=O) groups excluding carboxylic acids is 1. The van der Waals surface area contributed by atoms with Crippen LogP contribution in [-0.4, -0.2) is 29.2 Å². The minimum absolute atomic E-state index is 0.0491. The van der Waals surface area contributed by atoms with Crippen LogP contribution in [0.2, 0.25) is 0 Å². The van der Waals surface area contributed by atoms with Gasteiger partial charge in [-0.05, 0) is 85.4 Å². The van der Waals surface area contributed by atoms with Crippen molar-refractivity contribution < 1.29 is 15.0 Å². The Morgan fingerprint density at radius 1 is 1.04 bits per heavy atom. The zero-order valence-electron chi connectivity index (χ0n) is 18.6. The molecule has 0 aromatic heterocycles. The quantitative estimate of drug-likeness (QED) is 0.534. The summed E-state index contributed by atoms with van der Waals surface area (Å²) in [5.41, 5.74) is 3.25. The molecule has 4 rings (SSSR count). The Balaban J connectivity index is 1.79. The van der Waals surface area contributed by atoms with Crippen molar-refractivity contribution in [3.63, 3.8) is 0 Å². The van der Waals surface area contributed by atoms with E-state index in [1.165, 1.54) is 19.3 Å². The van der Waals surface area contributed by atoms with E-state index >= 15 is 0 Å². The molecule has 0 radical (unpaired) electrons. The van der Waals surface area contributed by atoms with Gasteiger partial charge >= 0.3 is 0 Å². The minimum Gasteiger partial charge on any atom is -0.396 e. The summed E-state index contributed by atoms with van der Waals surface area (Å²) in [6, 6.07) is 0. The van der Waals surface area contributed by atoms with E-state index in [-0.39, 0.29) is 28.8 Å². The first kappa shape index (κ1) is 20.6. The number of allylic oxidation sites excluding steroid dienone is 2. The van der Waals surface area contributed by atoms with Gasteiger partial charge in [0.05, 0.1) is 11.5 Å². The Morgan fingerprint density at radius 2 is 1.75 bits per heavy atom. The summed E-state index contributed by atoms with van der Waals surface area (Å²) in [6.45, 7) is 11.9. The maximum atomic E-state index is 12.1. The van der Waals surface area contributed by atoms with E-state index in [1.807, 2.05) is 6.92 Å². The van der Waals surface area contributed by atoms with Crippen LogP contribution in [0.25, 0.3) is 0 Å². The molecular weight excluding hydrogens is 348 g/mol. The topological polar surface area (TPSA) is 57.5 Å². The molecule has 0 heterocycles. The third-order valence-electron chi connectivity index (χ3n) is 10.7. The fourth-order valence-electron chi connectivity index (χ4n) is 8.66. The smallest absolute Gasteiger partial charge is 0.128 e. The summed E-state index contributed by atoms with van der Waals surface area (Å²) >= 11 is 0. The second-order valence-corrected chi connectivity index (χ2v) is 11.6. The van der Waals surface area contributed by atoms with Crippen molar-refractivity contribution in [1.29, 1.82) is 0 Å². The molecule has 28 heavy (non-hydrogen) atoms. The van der Waals surface area contributed by atoms with Gasteiger partial charge in [-0.15, -0.1) is 0 Å². The summed E-state index contributed by atoms with van der Waals surface area (Å²) in [5, 5.41) is 20.5. The van der Waals surface area contributed by atoms with Gasteiger partial charge in [0.2, 0.25) is 0 Å². The van der Waals surface area contributed by atoms with Crippen LogP contribution < -0.4 is 0 Å². The molecule has 0 bridgehead atoms. The van der Waals surface area contributed by atoms with E-state index in [2.05, 4.69) is 27.7 Å². The lowest BCUT2D eigenvalue weighted by molar-refractivity contribution is -0.142. The van der Waals surface area contributed by atoms with Crippen LogP contribution in [0.3, 0.4) is 0 Å². The fraction of sp³-hybridized carbons (Fsp3) is 0.880. The summed E-state index contributed by atoms with van der Waals surface area (Å²) < 4.78 is 0. The van der Waals surface area contributed by atoms with E-state index in [4.69, 9.17) is 0 Å². The molecule has 2 N–H and O–H groups in total. The Morgan fingerprint density at radius 3 is 2.39 bits per heavy atom. The molecule has 3 nitrogen and oxygen atoms in total. The molecule has 2 saturated carbocycles. The van der Waals surface area contributed by atoms with Crippen LogP contribution in [0.5, 0.6) is 0 Å². The molecule has 0 aromatic carbocycles.